The summed E-state index contributed by atoms with van der Waals surface area (Å²) >= 11 is 4.19. The number of thioether (sulfide) groups is 2. The number of thiophene rings is 1. The predicted octanol–water partition coefficient (Wildman–Crippen LogP) is 5.84. The number of halogens is 1. The molecule has 0 atom stereocenters. The smallest absolute Gasteiger partial charge is 0.234 e. The van der Waals surface area contributed by atoms with Gasteiger partial charge in [0.25, 0.3) is 0 Å². The van der Waals surface area contributed by atoms with Gasteiger partial charge in [0, 0.05) is 15.8 Å². The Balaban J connectivity index is 1.52. The molecule has 0 spiro atoms. The number of amides is 1. The third-order valence-corrected chi connectivity index (χ3v) is 7.10. The van der Waals surface area contributed by atoms with Crippen molar-refractivity contribution in [1.29, 1.82) is 5.26 Å². The van der Waals surface area contributed by atoms with E-state index in [0.29, 0.717) is 16.5 Å². The van der Waals surface area contributed by atoms with Crippen molar-refractivity contribution in [2.75, 3.05) is 16.8 Å². The number of fused-ring (bicyclic) bond motifs is 1. The molecule has 0 saturated heterocycles. The van der Waals surface area contributed by atoms with Crippen molar-refractivity contribution >= 4 is 56.7 Å². The number of benzene rings is 2. The van der Waals surface area contributed by atoms with Crippen molar-refractivity contribution in [2.45, 2.75) is 9.92 Å². The third kappa shape index (κ3) is 5.05. The van der Waals surface area contributed by atoms with E-state index in [0.717, 1.165) is 26.2 Å². The molecule has 9 heteroatoms. The fraction of sp³-hybridized carbons (Fsp3) is 0.0909. The van der Waals surface area contributed by atoms with Crippen LogP contribution in [0.1, 0.15) is 0 Å². The molecule has 5 nitrogen and oxygen atoms in total. The quantitative estimate of drug-likeness (QED) is 0.272. The molecular formula is C22H15FN4OS3. The van der Waals surface area contributed by atoms with Crippen LogP contribution in [-0.2, 0) is 4.79 Å². The minimum atomic E-state index is -0.293. The van der Waals surface area contributed by atoms with Gasteiger partial charge in [-0.2, -0.15) is 5.26 Å². The molecule has 0 saturated carbocycles. The summed E-state index contributed by atoms with van der Waals surface area (Å²) in [6.45, 7) is 0. The number of aromatic nitrogens is 2. The summed E-state index contributed by atoms with van der Waals surface area (Å²) in [5.74, 6) is 0.0202. The summed E-state index contributed by atoms with van der Waals surface area (Å²) in [5, 5.41) is 15.3. The molecule has 4 rings (SSSR count). The number of carbonyl (C=O) groups is 1. The van der Waals surface area contributed by atoms with Crippen molar-refractivity contribution in [3.63, 3.8) is 0 Å². The molecule has 0 radical (unpaired) electrons. The fourth-order valence-corrected chi connectivity index (χ4v) is 5.39. The van der Waals surface area contributed by atoms with Crippen LogP contribution >= 0.6 is 34.9 Å². The first kappa shape index (κ1) is 21.3. The SMILES string of the molecule is N#CCSc1ccccc1NC(=O)CSc1ncnc2scc(-c3ccc(F)cc3)c12. The maximum Gasteiger partial charge on any atom is 0.234 e. The third-order valence-electron chi connectivity index (χ3n) is 4.28. The number of rotatable bonds is 7. The number of para-hydroxylation sites is 1. The molecule has 2 heterocycles. The molecule has 0 unspecified atom stereocenters. The van der Waals surface area contributed by atoms with Crippen molar-refractivity contribution in [3.8, 4) is 17.2 Å². The molecular weight excluding hydrogens is 451 g/mol. The highest BCUT2D eigenvalue weighted by Crippen LogP contribution is 2.38. The van der Waals surface area contributed by atoms with E-state index >= 15 is 0 Å². The molecule has 0 bridgehead atoms. The maximum atomic E-state index is 13.3. The van der Waals surface area contributed by atoms with Gasteiger partial charge in [0.2, 0.25) is 5.91 Å². The van der Waals surface area contributed by atoms with Gasteiger partial charge in [-0.05, 0) is 29.8 Å². The number of nitriles is 1. The number of nitrogens with zero attached hydrogens (tertiary/aromatic N) is 3. The van der Waals surface area contributed by atoms with E-state index in [2.05, 4.69) is 21.4 Å². The van der Waals surface area contributed by atoms with E-state index in [1.165, 1.54) is 53.3 Å². The van der Waals surface area contributed by atoms with Crippen LogP contribution in [0.2, 0.25) is 0 Å². The molecule has 1 amide bonds. The second-order valence-corrected chi connectivity index (χ2v) is 9.13. The van der Waals surface area contributed by atoms with Gasteiger partial charge in [-0.3, -0.25) is 4.79 Å². The van der Waals surface area contributed by atoms with Gasteiger partial charge in [0.05, 0.1) is 28.6 Å². The summed E-state index contributed by atoms with van der Waals surface area (Å²) in [6.07, 6.45) is 1.49. The second-order valence-electron chi connectivity index (χ2n) is 6.30. The lowest BCUT2D eigenvalue weighted by Gasteiger charge is -2.10. The first-order chi connectivity index (χ1) is 15.2. The van der Waals surface area contributed by atoms with Gasteiger partial charge in [-0.25, -0.2) is 14.4 Å². The number of anilines is 1. The monoisotopic (exact) mass is 466 g/mol. The Labute approximate surface area is 190 Å². The topological polar surface area (TPSA) is 78.7 Å². The molecule has 0 aliphatic heterocycles. The second kappa shape index (κ2) is 9.92. The van der Waals surface area contributed by atoms with E-state index in [1.807, 2.05) is 29.6 Å². The Hall–Kier alpha value is -2.93. The molecule has 2 aromatic carbocycles. The van der Waals surface area contributed by atoms with E-state index in [1.54, 1.807) is 12.1 Å². The van der Waals surface area contributed by atoms with Gasteiger partial charge in [-0.15, -0.1) is 23.1 Å². The average molecular weight is 467 g/mol. The van der Waals surface area contributed by atoms with Crippen LogP contribution in [0.5, 0.6) is 0 Å². The predicted molar refractivity (Wildman–Crippen MR) is 125 cm³/mol. The van der Waals surface area contributed by atoms with E-state index in [-0.39, 0.29) is 17.5 Å². The van der Waals surface area contributed by atoms with Crippen LogP contribution in [-0.4, -0.2) is 27.4 Å². The molecule has 4 aromatic rings. The summed E-state index contributed by atoms with van der Waals surface area (Å²) in [6, 6.07) is 15.8. The molecule has 0 fully saturated rings. The lowest BCUT2D eigenvalue weighted by atomic mass is 10.1. The van der Waals surface area contributed by atoms with Crippen LogP contribution in [0.25, 0.3) is 21.3 Å². The normalized spacial score (nSPS) is 10.7. The van der Waals surface area contributed by atoms with Gasteiger partial charge < -0.3 is 5.32 Å². The Kier molecular flexibility index (Phi) is 6.82. The minimum absolute atomic E-state index is 0.166. The molecule has 2 aromatic heterocycles. The highest BCUT2D eigenvalue weighted by Gasteiger charge is 2.15. The standard InChI is InChI=1S/C22H15FN4OS3/c23-15-7-5-14(6-8-15)16-11-30-21-20(16)22(26-13-25-21)31-12-19(28)27-17-3-1-2-4-18(17)29-10-9-24/h1-8,11,13H,10,12H2,(H,27,28). The van der Waals surface area contributed by atoms with Crippen LogP contribution in [0, 0.1) is 17.1 Å². The Morgan fingerprint density at radius 1 is 1.13 bits per heavy atom. The average Bonchev–Trinajstić information content (AvgIpc) is 3.22. The van der Waals surface area contributed by atoms with Crippen molar-refractivity contribution in [2.24, 2.45) is 0 Å². The van der Waals surface area contributed by atoms with Crippen molar-refractivity contribution in [3.05, 3.63) is 66.1 Å². The highest BCUT2D eigenvalue weighted by molar-refractivity contribution is 8.00. The molecule has 154 valence electrons. The summed E-state index contributed by atoms with van der Waals surface area (Å²) < 4.78 is 13.3. The Morgan fingerprint density at radius 3 is 2.74 bits per heavy atom. The Morgan fingerprint density at radius 2 is 1.94 bits per heavy atom. The molecule has 0 aliphatic rings. The molecule has 0 aliphatic carbocycles. The van der Waals surface area contributed by atoms with E-state index < -0.39 is 0 Å². The van der Waals surface area contributed by atoms with Gasteiger partial charge in [-0.1, -0.05) is 36.0 Å². The number of hydrogen-bond acceptors (Lipinski definition) is 7. The first-order valence-corrected chi connectivity index (χ1v) is 12.0. The van der Waals surface area contributed by atoms with Gasteiger partial charge in [0.15, 0.2) is 0 Å². The zero-order valence-electron chi connectivity index (χ0n) is 16.0. The van der Waals surface area contributed by atoms with E-state index in [9.17, 15) is 9.18 Å². The summed E-state index contributed by atoms with van der Waals surface area (Å²) in [4.78, 5) is 23.0. The zero-order valence-corrected chi connectivity index (χ0v) is 18.5. The van der Waals surface area contributed by atoms with Crippen molar-refractivity contribution in [1.82, 2.24) is 9.97 Å². The summed E-state index contributed by atoms with van der Waals surface area (Å²) in [5.41, 5.74) is 2.47. The summed E-state index contributed by atoms with van der Waals surface area (Å²) in [7, 11) is 0. The van der Waals surface area contributed by atoms with Crippen LogP contribution in [0.4, 0.5) is 10.1 Å². The molecule has 1 N–H and O–H groups in total. The van der Waals surface area contributed by atoms with Crippen molar-refractivity contribution < 1.29 is 9.18 Å². The highest BCUT2D eigenvalue weighted by atomic mass is 32.2. The lowest BCUT2D eigenvalue weighted by molar-refractivity contribution is -0.113. The number of carbonyl (C=O) groups excluding carboxylic acids is 1. The largest absolute Gasteiger partial charge is 0.324 e. The van der Waals surface area contributed by atoms with E-state index in [4.69, 9.17) is 5.26 Å². The number of nitrogens with one attached hydrogen (secondary N) is 1. The minimum Gasteiger partial charge on any atom is -0.324 e. The fourth-order valence-electron chi connectivity index (χ4n) is 2.93. The molecule has 31 heavy (non-hydrogen) atoms. The Bertz CT molecular complexity index is 1270. The van der Waals surface area contributed by atoms with Gasteiger partial charge in [0.1, 0.15) is 22.0 Å². The van der Waals surface area contributed by atoms with Crippen LogP contribution < -0.4 is 5.32 Å². The maximum absolute atomic E-state index is 13.3. The van der Waals surface area contributed by atoms with Gasteiger partial charge >= 0.3 is 0 Å². The first-order valence-electron chi connectivity index (χ1n) is 9.15. The number of hydrogen-bond donors (Lipinski definition) is 1. The van der Waals surface area contributed by atoms with Crippen LogP contribution in [0.15, 0.2) is 70.2 Å². The zero-order chi connectivity index (χ0) is 21.6. The van der Waals surface area contributed by atoms with Crippen LogP contribution in [0.3, 0.4) is 0 Å². The lowest BCUT2D eigenvalue weighted by Crippen LogP contribution is -2.14.